The number of carbonyl (C=O) groups is 4. The highest BCUT2D eigenvalue weighted by molar-refractivity contribution is 5.73. The van der Waals surface area contributed by atoms with Crippen LogP contribution in [0.4, 0.5) is 0 Å². The van der Waals surface area contributed by atoms with E-state index in [2.05, 4.69) is 19.9 Å². The van der Waals surface area contributed by atoms with Crippen molar-refractivity contribution in [2.75, 3.05) is 0 Å². The Morgan fingerprint density at radius 2 is 1.07 bits per heavy atom. The first kappa shape index (κ1) is 28.4. The maximum Gasteiger partial charge on any atom is 0.320 e. The van der Waals surface area contributed by atoms with Gasteiger partial charge in [-0.05, 0) is 0 Å². The van der Waals surface area contributed by atoms with Gasteiger partial charge in [0.25, 0.3) is 11.9 Å². The van der Waals surface area contributed by atoms with Gasteiger partial charge >= 0.3 is 11.9 Å². The van der Waals surface area contributed by atoms with Gasteiger partial charge in [0.15, 0.2) is 0 Å². The molecule has 0 saturated carbocycles. The lowest BCUT2D eigenvalue weighted by Gasteiger charge is -2.01. The molecule has 0 fully saturated rings. The number of hydrogen-bond donors (Lipinski definition) is 8. The molecule has 2 aromatic rings. The molecule has 0 amide bonds. The van der Waals surface area contributed by atoms with Crippen molar-refractivity contribution in [3.63, 3.8) is 0 Å². The standard InChI is InChI=1S/2C6H9N3O2.2C2H4O2/c2*7-5(6(10)11)1-4-2-8-3-9-4;2*1-2(3)4/h2*2-3,5H,1,7H2,(H,8,9)(H,10,11);2*1H3,(H,3,4). The van der Waals surface area contributed by atoms with Crippen LogP contribution in [0, 0.1) is 0 Å². The van der Waals surface area contributed by atoms with E-state index in [4.69, 9.17) is 41.5 Å². The first-order valence-electron chi connectivity index (χ1n) is 8.17. The minimum absolute atomic E-state index is 0.263. The molecule has 0 aliphatic carbocycles. The first-order valence-corrected chi connectivity index (χ1v) is 8.17. The van der Waals surface area contributed by atoms with Crippen LogP contribution in [0.25, 0.3) is 0 Å². The highest BCUT2D eigenvalue weighted by Crippen LogP contribution is 1.96. The number of carboxylic acid groups (broad SMARTS) is 4. The van der Waals surface area contributed by atoms with Crippen molar-refractivity contribution >= 4 is 23.9 Å². The number of aliphatic carboxylic acids is 4. The van der Waals surface area contributed by atoms with Gasteiger partial charge in [-0.15, -0.1) is 0 Å². The monoisotopic (exact) mass is 430 g/mol. The molecule has 0 radical (unpaired) electrons. The maximum atomic E-state index is 10.3. The van der Waals surface area contributed by atoms with Gasteiger partial charge in [0, 0.05) is 39.1 Å². The normalized spacial score (nSPS) is 11.1. The summed E-state index contributed by atoms with van der Waals surface area (Å²) in [4.78, 5) is 51.6. The second kappa shape index (κ2) is 16.2. The third kappa shape index (κ3) is 19.0. The van der Waals surface area contributed by atoms with Crippen LogP contribution in [-0.4, -0.2) is 76.3 Å². The van der Waals surface area contributed by atoms with Gasteiger partial charge in [-0.3, -0.25) is 19.2 Å². The van der Waals surface area contributed by atoms with Crippen LogP contribution < -0.4 is 11.5 Å². The van der Waals surface area contributed by atoms with E-state index in [1.165, 1.54) is 12.7 Å². The van der Waals surface area contributed by atoms with E-state index < -0.39 is 36.0 Å². The minimum Gasteiger partial charge on any atom is -0.481 e. The number of imidazole rings is 2. The predicted molar refractivity (Wildman–Crippen MR) is 102 cm³/mol. The number of rotatable bonds is 6. The molecule has 14 nitrogen and oxygen atoms in total. The summed E-state index contributed by atoms with van der Waals surface area (Å²) in [7, 11) is 0. The SMILES string of the molecule is CC(=O)O.CC(=O)O.NC(Cc1c[nH]cn1)C(=O)O.NC(Cc1c[nH]cn1)C(=O)O. The number of carboxylic acids is 4. The summed E-state index contributed by atoms with van der Waals surface area (Å²) in [6, 6.07) is -1.73. The molecule has 10 N–H and O–H groups in total. The van der Waals surface area contributed by atoms with Crippen LogP contribution in [0.5, 0.6) is 0 Å². The second-order valence-corrected chi connectivity index (χ2v) is 5.46. The molecule has 14 heteroatoms. The summed E-state index contributed by atoms with van der Waals surface area (Å²) in [5.74, 6) is -3.68. The van der Waals surface area contributed by atoms with Crippen LogP contribution in [0.2, 0.25) is 0 Å². The molecule has 0 spiro atoms. The van der Waals surface area contributed by atoms with Gasteiger partial charge in [-0.2, -0.15) is 0 Å². The molecule has 2 heterocycles. The Hall–Kier alpha value is -3.78. The van der Waals surface area contributed by atoms with E-state index in [0.29, 0.717) is 11.4 Å². The maximum absolute atomic E-state index is 10.3. The summed E-state index contributed by atoms with van der Waals surface area (Å²) in [5, 5.41) is 31.7. The molecule has 0 bridgehead atoms. The number of nitrogens with two attached hydrogens (primary N) is 2. The summed E-state index contributed by atoms with van der Waals surface area (Å²) in [6.45, 7) is 2.17. The Labute approximate surface area is 171 Å². The Morgan fingerprint density at radius 1 is 0.800 bits per heavy atom. The molecule has 0 aliphatic rings. The average molecular weight is 430 g/mol. The van der Waals surface area contributed by atoms with Crippen LogP contribution in [0.3, 0.4) is 0 Å². The molecule has 30 heavy (non-hydrogen) atoms. The van der Waals surface area contributed by atoms with E-state index in [1.54, 1.807) is 12.4 Å². The highest BCUT2D eigenvalue weighted by Gasteiger charge is 2.13. The third-order valence-electron chi connectivity index (χ3n) is 2.60. The van der Waals surface area contributed by atoms with Gasteiger partial charge in [-0.25, -0.2) is 9.97 Å². The van der Waals surface area contributed by atoms with Gasteiger partial charge in [-0.1, -0.05) is 0 Å². The van der Waals surface area contributed by atoms with Gasteiger partial charge in [0.1, 0.15) is 12.1 Å². The predicted octanol–water partition coefficient (Wildman–Crippen LogP) is -1.09. The van der Waals surface area contributed by atoms with Gasteiger partial charge in [0.05, 0.1) is 24.0 Å². The molecule has 2 atom stereocenters. The number of aromatic amines is 2. The quantitative estimate of drug-likeness (QED) is 0.272. The number of H-pyrrole nitrogens is 2. The van der Waals surface area contributed by atoms with Crippen LogP contribution >= 0.6 is 0 Å². The summed E-state index contributed by atoms with van der Waals surface area (Å²) >= 11 is 0. The van der Waals surface area contributed by atoms with Crippen molar-refractivity contribution in [3.05, 3.63) is 36.4 Å². The topological polar surface area (TPSA) is 259 Å². The van der Waals surface area contributed by atoms with Crippen molar-refractivity contribution in [2.24, 2.45) is 11.5 Å². The highest BCUT2D eigenvalue weighted by atomic mass is 16.4. The average Bonchev–Trinajstić information content (AvgIpc) is 3.28. The molecular weight excluding hydrogens is 404 g/mol. The summed E-state index contributed by atoms with van der Waals surface area (Å²) < 4.78 is 0. The molecule has 2 aromatic heterocycles. The largest absolute Gasteiger partial charge is 0.481 e. The lowest BCUT2D eigenvalue weighted by Crippen LogP contribution is -2.32. The molecule has 0 aliphatic heterocycles. The van der Waals surface area contributed by atoms with Gasteiger partial charge < -0.3 is 41.9 Å². The lowest BCUT2D eigenvalue weighted by molar-refractivity contribution is -0.139. The summed E-state index contributed by atoms with van der Waals surface area (Å²) in [5.41, 5.74) is 11.8. The summed E-state index contributed by atoms with van der Waals surface area (Å²) in [6.07, 6.45) is 6.76. The molecule has 2 rings (SSSR count). The lowest BCUT2D eigenvalue weighted by atomic mass is 10.2. The Kier molecular flexibility index (Phi) is 15.4. The second-order valence-electron chi connectivity index (χ2n) is 5.46. The molecule has 0 saturated heterocycles. The smallest absolute Gasteiger partial charge is 0.320 e. The zero-order valence-corrected chi connectivity index (χ0v) is 16.3. The number of aromatic nitrogens is 4. The van der Waals surface area contributed by atoms with Crippen molar-refractivity contribution in [1.82, 2.24) is 19.9 Å². The molecular formula is C16H26N6O8. The van der Waals surface area contributed by atoms with Crippen molar-refractivity contribution in [2.45, 2.75) is 38.8 Å². The van der Waals surface area contributed by atoms with Crippen LogP contribution in [0.1, 0.15) is 25.2 Å². The van der Waals surface area contributed by atoms with Crippen LogP contribution in [0.15, 0.2) is 25.0 Å². The Balaban J connectivity index is 0. The van der Waals surface area contributed by atoms with Crippen molar-refractivity contribution in [3.8, 4) is 0 Å². The fourth-order valence-corrected chi connectivity index (χ4v) is 1.43. The molecule has 0 aromatic carbocycles. The van der Waals surface area contributed by atoms with Crippen molar-refractivity contribution in [1.29, 1.82) is 0 Å². The Morgan fingerprint density at radius 3 is 1.23 bits per heavy atom. The van der Waals surface area contributed by atoms with Crippen LogP contribution in [-0.2, 0) is 32.0 Å². The number of nitrogens with one attached hydrogen (secondary N) is 2. The number of nitrogens with zero attached hydrogens (tertiary/aromatic N) is 2. The first-order chi connectivity index (χ1) is 13.9. The van der Waals surface area contributed by atoms with E-state index >= 15 is 0 Å². The van der Waals surface area contributed by atoms with E-state index in [1.807, 2.05) is 0 Å². The van der Waals surface area contributed by atoms with E-state index in [0.717, 1.165) is 13.8 Å². The Bertz CT molecular complexity index is 676. The zero-order chi connectivity index (χ0) is 23.7. The molecule has 168 valence electrons. The van der Waals surface area contributed by atoms with E-state index in [-0.39, 0.29) is 12.8 Å². The third-order valence-corrected chi connectivity index (χ3v) is 2.60. The number of hydrogen-bond acceptors (Lipinski definition) is 8. The molecule has 2 unspecified atom stereocenters. The minimum atomic E-state index is -1.01. The van der Waals surface area contributed by atoms with E-state index in [9.17, 15) is 9.59 Å². The van der Waals surface area contributed by atoms with Crippen molar-refractivity contribution < 1.29 is 39.6 Å². The fraction of sp³-hybridized carbons (Fsp3) is 0.375. The van der Waals surface area contributed by atoms with Gasteiger partial charge in [0.2, 0.25) is 0 Å². The zero-order valence-electron chi connectivity index (χ0n) is 16.3. The fourth-order valence-electron chi connectivity index (χ4n) is 1.43.